The number of rotatable bonds is 0. The van der Waals surface area contributed by atoms with Gasteiger partial charge in [-0.1, -0.05) is 37.2 Å². The molecule has 3 rings (SSSR count). The van der Waals surface area contributed by atoms with Gasteiger partial charge in [0.2, 0.25) is 0 Å². The molecule has 0 N–H and O–H groups in total. The fraction of sp³-hybridized carbons (Fsp3) is 0.455. The summed E-state index contributed by atoms with van der Waals surface area (Å²) in [6.45, 7) is 2.42. The van der Waals surface area contributed by atoms with Gasteiger partial charge in [-0.3, -0.25) is 0 Å². The van der Waals surface area contributed by atoms with Crippen molar-refractivity contribution < 1.29 is 0 Å². The van der Waals surface area contributed by atoms with E-state index in [0.717, 1.165) is 5.92 Å². The molecular formula is C11H12Si. The van der Waals surface area contributed by atoms with Gasteiger partial charge in [-0.2, -0.15) is 0 Å². The van der Waals surface area contributed by atoms with E-state index >= 15 is 0 Å². The van der Waals surface area contributed by atoms with Crippen LogP contribution in [0, 0.1) is 5.92 Å². The maximum absolute atomic E-state index is 2.42. The number of fused-ring (bicyclic) bond motifs is 2. The first kappa shape index (κ1) is 6.90. The third-order valence-electron chi connectivity index (χ3n) is 3.42. The third-order valence-corrected chi connectivity index (χ3v) is 5.30. The van der Waals surface area contributed by atoms with Crippen LogP contribution in [0.3, 0.4) is 0 Å². The minimum absolute atomic E-state index is 0.663. The molecule has 1 spiro atoms. The fourth-order valence-electron chi connectivity index (χ4n) is 2.54. The molecule has 1 aromatic rings. The molecular weight excluding hydrogens is 160 g/mol. The summed E-state index contributed by atoms with van der Waals surface area (Å²) >= 11 is 0. The van der Waals surface area contributed by atoms with Gasteiger partial charge in [-0.05, 0) is 28.5 Å². The molecule has 12 heavy (non-hydrogen) atoms. The van der Waals surface area contributed by atoms with E-state index in [0.29, 0.717) is 5.04 Å². The molecule has 1 aromatic carbocycles. The van der Waals surface area contributed by atoms with Gasteiger partial charge in [0.1, 0.15) is 0 Å². The minimum Gasteiger partial charge on any atom is -0.0620 e. The van der Waals surface area contributed by atoms with Gasteiger partial charge in [-0.25, -0.2) is 0 Å². The highest BCUT2D eigenvalue weighted by molar-refractivity contribution is 6.54. The lowest BCUT2D eigenvalue weighted by Crippen LogP contribution is -2.13. The lowest BCUT2D eigenvalue weighted by Gasteiger charge is -2.13. The largest absolute Gasteiger partial charge is 0.0620 e. The number of benzene rings is 1. The predicted molar refractivity (Wildman–Crippen MR) is 51.5 cm³/mol. The molecule has 0 amide bonds. The summed E-state index contributed by atoms with van der Waals surface area (Å²) in [5, 5.41) is 0.663. The van der Waals surface area contributed by atoms with E-state index in [4.69, 9.17) is 0 Å². The molecule has 0 saturated carbocycles. The average molecular weight is 172 g/mol. The van der Waals surface area contributed by atoms with Crippen LogP contribution in [-0.4, -0.2) is 9.52 Å². The maximum Gasteiger partial charge on any atom is 0.0523 e. The van der Waals surface area contributed by atoms with Gasteiger partial charge in [0, 0.05) is 0 Å². The first-order valence-electron chi connectivity index (χ1n) is 4.66. The van der Waals surface area contributed by atoms with Gasteiger partial charge < -0.3 is 0 Å². The van der Waals surface area contributed by atoms with Gasteiger partial charge in [0.05, 0.1) is 9.52 Å². The van der Waals surface area contributed by atoms with Crippen molar-refractivity contribution in [2.45, 2.75) is 24.4 Å². The highest BCUT2D eigenvalue weighted by atomic mass is 28.2. The van der Waals surface area contributed by atoms with E-state index < -0.39 is 0 Å². The van der Waals surface area contributed by atoms with Gasteiger partial charge in [-0.15, -0.1) is 0 Å². The highest BCUT2D eigenvalue weighted by Gasteiger charge is 2.53. The average Bonchev–Trinajstić information content (AvgIpc) is 2.80. The van der Waals surface area contributed by atoms with Crippen molar-refractivity contribution in [2.24, 2.45) is 5.92 Å². The second kappa shape index (κ2) is 2.02. The maximum atomic E-state index is 2.42. The molecule has 1 heteroatoms. The molecule has 60 valence electrons. The molecule has 1 aliphatic heterocycles. The molecule has 2 radical (unpaired) electrons. The third kappa shape index (κ3) is 0.680. The van der Waals surface area contributed by atoms with Crippen molar-refractivity contribution in [2.75, 3.05) is 0 Å². The van der Waals surface area contributed by atoms with Crippen molar-refractivity contribution in [3.63, 3.8) is 0 Å². The van der Waals surface area contributed by atoms with Crippen LogP contribution in [0.15, 0.2) is 24.3 Å². The van der Waals surface area contributed by atoms with Gasteiger partial charge in [0.15, 0.2) is 0 Å². The Kier molecular flexibility index (Phi) is 1.16. The van der Waals surface area contributed by atoms with Crippen molar-refractivity contribution in [3.05, 3.63) is 35.4 Å². The Balaban J connectivity index is 2.19. The number of hydrogen-bond donors (Lipinski definition) is 0. The standard InChI is InChI=1S/C11H12Si/c1-8-6-9-4-2-3-5-10(9)11(8)7-12-11/h2-5,8H,6-7H2,1H3/t8-,11+/m1/s1. The van der Waals surface area contributed by atoms with E-state index in [2.05, 4.69) is 31.2 Å². The molecule has 1 saturated heterocycles. The van der Waals surface area contributed by atoms with Crippen LogP contribution >= 0.6 is 0 Å². The summed E-state index contributed by atoms with van der Waals surface area (Å²) < 4.78 is 0. The molecule has 1 heterocycles. The summed E-state index contributed by atoms with van der Waals surface area (Å²) in [7, 11) is 1.20. The van der Waals surface area contributed by atoms with Crippen LogP contribution in [0.5, 0.6) is 0 Å². The highest BCUT2D eigenvalue weighted by Crippen LogP contribution is 2.54. The Morgan fingerprint density at radius 2 is 2.17 bits per heavy atom. The fourth-order valence-corrected chi connectivity index (χ4v) is 4.15. The molecule has 0 nitrogen and oxygen atoms in total. The molecule has 0 bridgehead atoms. The summed E-state index contributed by atoms with van der Waals surface area (Å²) in [6, 6.07) is 10.5. The van der Waals surface area contributed by atoms with Crippen LogP contribution in [-0.2, 0) is 11.5 Å². The van der Waals surface area contributed by atoms with Crippen molar-refractivity contribution in [3.8, 4) is 0 Å². The Morgan fingerprint density at radius 1 is 1.42 bits per heavy atom. The minimum atomic E-state index is 0.663. The van der Waals surface area contributed by atoms with Crippen LogP contribution in [0.25, 0.3) is 0 Å². The van der Waals surface area contributed by atoms with Gasteiger partial charge >= 0.3 is 0 Å². The zero-order chi connectivity index (χ0) is 8.18. The zero-order valence-electron chi connectivity index (χ0n) is 7.30. The molecule has 2 aliphatic rings. The number of hydrogen-bond acceptors (Lipinski definition) is 0. The predicted octanol–water partition coefficient (Wildman–Crippen LogP) is 2.21. The Hall–Kier alpha value is -0.563. The monoisotopic (exact) mass is 172 g/mol. The summed E-state index contributed by atoms with van der Waals surface area (Å²) in [4.78, 5) is 0. The summed E-state index contributed by atoms with van der Waals surface area (Å²) in [5.74, 6) is 0.910. The van der Waals surface area contributed by atoms with Crippen LogP contribution < -0.4 is 0 Å². The Bertz CT molecular complexity index is 326. The smallest absolute Gasteiger partial charge is 0.0523 e. The van der Waals surface area contributed by atoms with Crippen LogP contribution in [0.4, 0.5) is 0 Å². The van der Waals surface area contributed by atoms with E-state index in [1.807, 2.05) is 0 Å². The lowest BCUT2D eigenvalue weighted by atomic mass is 9.96. The van der Waals surface area contributed by atoms with Crippen LogP contribution in [0.1, 0.15) is 18.1 Å². The topological polar surface area (TPSA) is 0 Å². The molecule has 0 unspecified atom stereocenters. The van der Waals surface area contributed by atoms with Crippen LogP contribution in [0.2, 0.25) is 6.04 Å². The summed E-state index contributed by atoms with van der Waals surface area (Å²) in [5.41, 5.74) is 3.30. The molecule has 2 atom stereocenters. The normalized spacial score (nSPS) is 36.9. The van der Waals surface area contributed by atoms with Gasteiger partial charge in [0.25, 0.3) is 0 Å². The lowest BCUT2D eigenvalue weighted by molar-refractivity contribution is 0.526. The molecule has 1 aliphatic carbocycles. The first-order valence-corrected chi connectivity index (χ1v) is 5.87. The quantitative estimate of drug-likeness (QED) is 0.526. The summed E-state index contributed by atoms with van der Waals surface area (Å²) in [6.07, 6.45) is 1.32. The Labute approximate surface area is 75.8 Å². The molecule has 1 fully saturated rings. The first-order chi connectivity index (χ1) is 5.83. The van der Waals surface area contributed by atoms with E-state index in [1.54, 1.807) is 11.1 Å². The molecule has 0 aromatic heterocycles. The van der Waals surface area contributed by atoms with Crippen molar-refractivity contribution in [1.82, 2.24) is 0 Å². The van der Waals surface area contributed by atoms with E-state index in [-0.39, 0.29) is 0 Å². The second-order valence-electron chi connectivity index (χ2n) is 4.09. The van der Waals surface area contributed by atoms with Crippen molar-refractivity contribution in [1.29, 1.82) is 0 Å². The zero-order valence-corrected chi connectivity index (χ0v) is 8.30. The SMILES string of the molecule is C[C@@H]1Cc2ccccc2[C@]12C[Si]2. The second-order valence-corrected chi connectivity index (χ2v) is 5.69. The van der Waals surface area contributed by atoms with Crippen molar-refractivity contribution >= 4 is 9.52 Å². The van der Waals surface area contributed by atoms with E-state index in [1.165, 1.54) is 22.0 Å². The van der Waals surface area contributed by atoms with E-state index in [9.17, 15) is 0 Å². The Morgan fingerprint density at radius 3 is 2.92 bits per heavy atom.